The van der Waals surface area contributed by atoms with Crippen LogP contribution in [-0.2, 0) is 10.1 Å². The fraction of sp³-hybridized carbons (Fsp3) is 0. The molecular formula is C8H6N2O3S. The van der Waals surface area contributed by atoms with E-state index >= 15 is 0 Å². The third-order valence-corrected chi connectivity index (χ3v) is 2.42. The molecule has 1 heterocycles. The number of aromatic nitrogens is 2. The van der Waals surface area contributed by atoms with E-state index in [1.54, 1.807) is 24.3 Å². The number of para-hydroxylation sites is 2. The Kier molecular flexibility index (Phi) is 1.94. The summed E-state index contributed by atoms with van der Waals surface area (Å²) in [7, 11) is -4.27. The van der Waals surface area contributed by atoms with Gasteiger partial charge in [-0.25, -0.2) is 4.98 Å². The SMILES string of the molecule is O=S(=O)(O)c1cnc2ccccc2n1. The van der Waals surface area contributed by atoms with Gasteiger partial charge in [0.25, 0.3) is 0 Å². The van der Waals surface area contributed by atoms with Crippen LogP contribution >= 0.6 is 0 Å². The zero-order valence-electron chi connectivity index (χ0n) is 6.95. The first-order valence-electron chi connectivity index (χ1n) is 3.77. The van der Waals surface area contributed by atoms with Crippen molar-refractivity contribution in [3.05, 3.63) is 30.5 Å². The van der Waals surface area contributed by atoms with Gasteiger partial charge in [0.05, 0.1) is 17.2 Å². The Morgan fingerprint density at radius 2 is 1.79 bits per heavy atom. The van der Waals surface area contributed by atoms with Gasteiger partial charge in [0.2, 0.25) is 5.03 Å². The van der Waals surface area contributed by atoms with E-state index in [1.807, 2.05) is 0 Å². The van der Waals surface area contributed by atoms with E-state index in [1.165, 1.54) is 0 Å². The summed E-state index contributed by atoms with van der Waals surface area (Å²) in [4.78, 5) is 7.59. The molecule has 0 spiro atoms. The Labute approximate surface area is 80.2 Å². The Balaban J connectivity index is 2.75. The van der Waals surface area contributed by atoms with E-state index in [-0.39, 0.29) is 0 Å². The highest BCUT2D eigenvalue weighted by Crippen LogP contribution is 2.11. The standard InChI is InChI=1S/C8H6N2O3S/c11-14(12,13)8-5-9-6-3-1-2-4-7(6)10-8/h1-5H,(H,11,12,13). The number of hydrogen-bond acceptors (Lipinski definition) is 4. The van der Waals surface area contributed by atoms with Gasteiger partial charge in [-0.15, -0.1) is 0 Å². The predicted octanol–water partition coefficient (Wildman–Crippen LogP) is 0.877. The minimum atomic E-state index is -4.27. The summed E-state index contributed by atoms with van der Waals surface area (Å²) >= 11 is 0. The quantitative estimate of drug-likeness (QED) is 0.706. The predicted molar refractivity (Wildman–Crippen MR) is 49.4 cm³/mol. The molecular weight excluding hydrogens is 204 g/mol. The zero-order chi connectivity index (χ0) is 10.2. The van der Waals surface area contributed by atoms with Gasteiger partial charge in [-0.3, -0.25) is 9.54 Å². The molecule has 1 aromatic carbocycles. The summed E-state index contributed by atoms with van der Waals surface area (Å²) < 4.78 is 30.2. The molecule has 2 aromatic rings. The smallest absolute Gasteiger partial charge is 0.281 e. The van der Waals surface area contributed by atoms with E-state index in [4.69, 9.17) is 4.55 Å². The van der Waals surface area contributed by atoms with Crippen molar-refractivity contribution in [3.8, 4) is 0 Å². The maximum absolute atomic E-state index is 10.7. The topological polar surface area (TPSA) is 80.2 Å². The Morgan fingerprint density at radius 1 is 1.14 bits per heavy atom. The number of rotatable bonds is 1. The molecule has 14 heavy (non-hydrogen) atoms. The Morgan fingerprint density at radius 3 is 2.43 bits per heavy atom. The van der Waals surface area contributed by atoms with Crippen molar-refractivity contribution in [2.75, 3.05) is 0 Å². The highest BCUT2D eigenvalue weighted by Gasteiger charge is 2.11. The van der Waals surface area contributed by atoms with Crippen molar-refractivity contribution in [1.82, 2.24) is 9.97 Å². The van der Waals surface area contributed by atoms with Crippen molar-refractivity contribution in [2.24, 2.45) is 0 Å². The molecule has 0 bridgehead atoms. The number of nitrogens with zero attached hydrogens (tertiary/aromatic N) is 2. The minimum absolute atomic E-state index is 0.433. The Bertz CT molecular complexity index is 580. The van der Waals surface area contributed by atoms with E-state index in [9.17, 15) is 8.42 Å². The van der Waals surface area contributed by atoms with Crippen molar-refractivity contribution in [2.45, 2.75) is 5.03 Å². The van der Waals surface area contributed by atoms with Crippen LogP contribution in [0.25, 0.3) is 11.0 Å². The monoisotopic (exact) mass is 210 g/mol. The molecule has 0 saturated carbocycles. The Hall–Kier alpha value is -1.53. The second-order valence-electron chi connectivity index (χ2n) is 2.67. The van der Waals surface area contributed by atoms with E-state index < -0.39 is 15.1 Å². The van der Waals surface area contributed by atoms with Crippen LogP contribution in [0.15, 0.2) is 35.5 Å². The lowest BCUT2D eigenvalue weighted by molar-refractivity contribution is 0.479. The molecule has 0 aliphatic carbocycles. The van der Waals surface area contributed by atoms with Crippen molar-refractivity contribution in [3.63, 3.8) is 0 Å². The van der Waals surface area contributed by atoms with E-state index in [0.29, 0.717) is 11.0 Å². The molecule has 5 nitrogen and oxygen atoms in total. The lowest BCUT2D eigenvalue weighted by Gasteiger charge is -1.97. The molecule has 0 amide bonds. The van der Waals surface area contributed by atoms with Crippen LogP contribution in [0.4, 0.5) is 0 Å². The van der Waals surface area contributed by atoms with Crippen LogP contribution < -0.4 is 0 Å². The maximum Gasteiger partial charge on any atom is 0.313 e. The third-order valence-electron chi connectivity index (χ3n) is 1.69. The van der Waals surface area contributed by atoms with Crippen molar-refractivity contribution in [1.29, 1.82) is 0 Å². The summed E-state index contributed by atoms with van der Waals surface area (Å²) in [6, 6.07) is 6.81. The molecule has 0 unspecified atom stereocenters. The molecule has 1 aromatic heterocycles. The molecule has 0 radical (unpaired) electrons. The van der Waals surface area contributed by atoms with E-state index in [2.05, 4.69) is 9.97 Å². The molecule has 2 rings (SSSR count). The van der Waals surface area contributed by atoms with Gasteiger partial charge < -0.3 is 0 Å². The van der Waals surface area contributed by atoms with Crippen LogP contribution in [0.3, 0.4) is 0 Å². The van der Waals surface area contributed by atoms with Crippen molar-refractivity contribution >= 4 is 21.2 Å². The van der Waals surface area contributed by atoms with Gasteiger partial charge in [-0.2, -0.15) is 8.42 Å². The summed E-state index contributed by atoms with van der Waals surface area (Å²) in [5, 5.41) is -0.434. The van der Waals surface area contributed by atoms with Crippen LogP contribution in [0, 0.1) is 0 Å². The van der Waals surface area contributed by atoms with Crippen LogP contribution in [0.2, 0.25) is 0 Å². The van der Waals surface area contributed by atoms with Crippen molar-refractivity contribution < 1.29 is 13.0 Å². The summed E-state index contributed by atoms with van der Waals surface area (Å²) in [6.07, 6.45) is 1.03. The number of hydrogen-bond donors (Lipinski definition) is 1. The van der Waals surface area contributed by atoms with Crippen LogP contribution in [0.5, 0.6) is 0 Å². The van der Waals surface area contributed by atoms with Gasteiger partial charge in [-0.05, 0) is 12.1 Å². The third kappa shape index (κ3) is 1.57. The largest absolute Gasteiger partial charge is 0.313 e. The van der Waals surface area contributed by atoms with Gasteiger partial charge in [0.15, 0.2) is 0 Å². The van der Waals surface area contributed by atoms with Gasteiger partial charge >= 0.3 is 10.1 Å². The molecule has 0 atom stereocenters. The number of fused-ring (bicyclic) bond motifs is 1. The average molecular weight is 210 g/mol. The average Bonchev–Trinajstić information content (AvgIpc) is 2.16. The minimum Gasteiger partial charge on any atom is -0.281 e. The lowest BCUT2D eigenvalue weighted by Crippen LogP contribution is -2.02. The molecule has 0 aliphatic rings. The highest BCUT2D eigenvalue weighted by molar-refractivity contribution is 7.85. The van der Waals surface area contributed by atoms with Gasteiger partial charge in [0.1, 0.15) is 0 Å². The second-order valence-corrected chi connectivity index (χ2v) is 4.04. The summed E-state index contributed by atoms with van der Waals surface area (Å²) in [5.41, 5.74) is 1.02. The first-order chi connectivity index (χ1) is 6.57. The molecule has 0 saturated heterocycles. The summed E-state index contributed by atoms with van der Waals surface area (Å²) in [5.74, 6) is 0. The molecule has 72 valence electrons. The fourth-order valence-corrected chi connectivity index (χ4v) is 1.46. The summed E-state index contributed by atoms with van der Waals surface area (Å²) in [6.45, 7) is 0. The molecule has 6 heteroatoms. The highest BCUT2D eigenvalue weighted by atomic mass is 32.2. The van der Waals surface area contributed by atoms with Gasteiger partial charge in [0, 0.05) is 0 Å². The molecule has 0 fully saturated rings. The molecule has 1 N–H and O–H groups in total. The fourth-order valence-electron chi connectivity index (χ4n) is 1.06. The van der Waals surface area contributed by atoms with Crippen LogP contribution in [-0.4, -0.2) is 22.9 Å². The zero-order valence-corrected chi connectivity index (χ0v) is 7.77. The first kappa shape index (κ1) is 9.04. The van der Waals surface area contributed by atoms with E-state index in [0.717, 1.165) is 6.20 Å². The maximum atomic E-state index is 10.7. The normalized spacial score (nSPS) is 11.8. The van der Waals surface area contributed by atoms with Crippen LogP contribution in [0.1, 0.15) is 0 Å². The molecule has 0 aliphatic heterocycles. The van der Waals surface area contributed by atoms with Gasteiger partial charge in [-0.1, -0.05) is 12.1 Å². The second kappa shape index (κ2) is 3.00. The first-order valence-corrected chi connectivity index (χ1v) is 5.21. The number of benzene rings is 1. The lowest BCUT2D eigenvalue weighted by atomic mass is 10.3.